The summed E-state index contributed by atoms with van der Waals surface area (Å²) in [7, 11) is 0. The predicted molar refractivity (Wildman–Crippen MR) is 94.1 cm³/mol. The molecule has 8 nitrogen and oxygen atoms in total. The average molecular weight is 374 g/mol. The second-order valence-corrected chi connectivity index (χ2v) is 6.35. The molecule has 2 aliphatic heterocycles. The summed E-state index contributed by atoms with van der Waals surface area (Å²) >= 11 is 0. The summed E-state index contributed by atoms with van der Waals surface area (Å²) in [6.45, 7) is 3.70. The van der Waals surface area contributed by atoms with Crippen molar-refractivity contribution in [3.05, 3.63) is 48.6 Å². The van der Waals surface area contributed by atoms with E-state index in [2.05, 4.69) is 6.58 Å². The van der Waals surface area contributed by atoms with Crippen LogP contribution >= 0.6 is 0 Å². The first-order valence-corrected chi connectivity index (χ1v) is 8.80. The van der Waals surface area contributed by atoms with Crippen molar-refractivity contribution in [3.8, 4) is 0 Å². The largest absolute Gasteiger partial charge is 0.460 e. The molecule has 8 heteroatoms. The summed E-state index contributed by atoms with van der Waals surface area (Å²) in [5.41, 5.74) is 0.885. The molecule has 2 fully saturated rings. The molecule has 0 radical (unpaired) electrons. The zero-order chi connectivity index (χ0) is 19.2. The minimum absolute atomic E-state index is 0.0843. The molecule has 0 N–H and O–H groups in total. The second kappa shape index (κ2) is 8.68. The Labute approximate surface area is 157 Å². The molecule has 0 saturated carbocycles. The average Bonchev–Trinajstić information content (AvgIpc) is 2.93. The number of carbonyl (C=O) groups is 3. The lowest BCUT2D eigenvalue weighted by Crippen LogP contribution is -2.45. The molecular weight excluding hydrogens is 352 g/mol. The van der Waals surface area contributed by atoms with Crippen LogP contribution in [0.5, 0.6) is 0 Å². The minimum atomic E-state index is -0.640. The van der Waals surface area contributed by atoms with Crippen LogP contribution in [0.1, 0.15) is 18.4 Å². The molecule has 2 atom stereocenters. The number of esters is 2. The Hall–Kier alpha value is -2.87. The summed E-state index contributed by atoms with van der Waals surface area (Å²) in [6.07, 6.45) is 2.53. The predicted octanol–water partition coefficient (Wildman–Crippen LogP) is 1.66. The van der Waals surface area contributed by atoms with Crippen LogP contribution in [-0.2, 0) is 30.5 Å². The van der Waals surface area contributed by atoms with Crippen LogP contribution in [0, 0.1) is 0 Å². The topological polar surface area (TPSA) is 85.4 Å². The summed E-state index contributed by atoms with van der Waals surface area (Å²) in [5, 5.41) is 1.17. The van der Waals surface area contributed by atoms with Crippen molar-refractivity contribution in [1.82, 2.24) is 9.96 Å². The van der Waals surface area contributed by atoms with E-state index in [1.54, 1.807) is 0 Å². The lowest BCUT2D eigenvalue weighted by Gasteiger charge is -2.28. The molecule has 3 rings (SSSR count). The maximum Gasteiger partial charge on any atom is 0.345 e. The molecule has 2 heterocycles. The molecule has 27 heavy (non-hydrogen) atoms. The fraction of sp³-hybridized carbons (Fsp3) is 0.421. The molecule has 2 bridgehead atoms. The number of nitrogens with zero attached hydrogens (tertiary/aromatic N) is 2. The fourth-order valence-electron chi connectivity index (χ4n) is 3.18. The number of rotatable bonds is 8. The van der Waals surface area contributed by atoms with Crippen molar-refractivity contribution in [1.29, 1.82) is 0 Å². The quantitative estimate of drug-likeness (QED) is 0.508. The van der Waals surface area contributed by atoms with Gasteiger partial charge in [0.05, 0.1) is 6.04 Å². The lowest BCUT2D eigenvalue weighted by molar-refractivity contribution is -0.171. The monoisotopic (exact) mass is 374 g/mol. The SMILES string of the molecule is C=CCOC(=O)CON1C(=O)N2C[C@H]1CCC2C(=O)OCc1ccccc1. The maximum absolute atomic E-state index is 12.6. The van der Waals surface area contributed by atoms with Gasteiger partial charge in [0.1, 0.15) is 19.3 Å². The van der Waals surface area contributed by atoms with Crippen LogP contribution in [0.4, 0.5) is 4.79 Å². The zero-order valence-corrected chi connectivity index (χ0v) is 14.9. The second-order valence-electron chi connectivity index (χ2n) is 6.35. The molecule has 2 amide bonds. The number of carbonyl (C=O) groups excluding carboxylic acids is 3. The van der Waals surface area contributed by atoms with Gasteiger partial charge < -0.3 is 14.4 Å². The molecule has 1 aromatic rings. The van der Waals surface area contributed by atoms with E-state index in [0.717, 1.165) is 5.56 Å². The number of amides is 2. The zero-order valence-electron chi connectivity index (χ0n) is 14.9. The molecule has 144 valence electrons. The van der Waals surface area contributed by atoms with Crippen LogP contribution < -0.4 is 0 Å². The summed E-state index contributed by atoms with van der Waals surface area (Å²) < 4.78 is 10.2. The lowest BCUT2D eigenvalue weighted by atomic mass is 10.0. The fourth-order valence-corrected chi connectivity index (χ4v) is 3.18. The smallest absolute Gasteiger partial charge is 0.345 e. The summed E-state index contributed by atoms with van der Waals surface area (Å²) in [4.78, 5) is 43.3. The van der Waals surface area contributed by atoms with E-state index in [9.17, 15) is 14.4 Å². The molecule has 0 aromatic heterocycles. The van der Waals surface area contributed by atoms with Crippen molar-refractivity contribution in [2.24, 2.45) is 0 Å². The summed E-state index contributed by atoms with van der Waals surface area (Å²) in [5.74, 6) is -1.02. The highest BCUT2D eigenvalue weighted by Gasteiger charge is 2.48. The van der Waals surface area contributed by atoms with Gasteiger partial charge in [0.2, 0.25) is 0 Å². The van der Waals surface area contributed by atoms with Gasteiger partial charge in [0, 0.05) is 6.54 Å². The van der Waals surface area contributed by atoms with E-state index in [4.69, 9.17) is 14.3 Å². The van der Waals surface area contributed by atoms with E-state index in [-0.39, 0.29) is 25.9 Å². The van der Waals surface area contributed by atoms with Gasteiger partial charge in [-0.1, -0.05) is 43.0 Å². The van der Waals surface area contributed by atoms with Gasteiger partial charge in [-0.15, -0.1) is 0 Å². The van der Waals surface area contributed by atoms with Crippen LogP contribution in [0.2, 0.25) is 0 Å². The third-order valence-corrected chi connectivity index (χ3v) is 4.50. The number of ether oxygens (including phenoxy) is 2. The Morgan fingerprint density at radius 3 is 2.70 bits per heavy atom. The highest BCUT2D eigenvalue weighted by atomic mass is 16.7. The number of benzene rings is 1. The van der Waals surface area contributed by atoms with Crippen molar-refractivity contribution in [2.75, 3.05) is 19.8 Å². The first-order chi connectivity index (χ1) is 13.1. The highest BCUT2D eigenvalue weighted by Crippen LogP contribution is 2.30. The first kappa shape index (κ1) is 18.9. The third-order valence-electron chi connectivity index (χ3n) is 4.50. The van der Waals surface area contributed by atoms with E-state index in [0.29, 0.717) is 19.4 Å². The molecular formula is C19H22N2O6. The van der Waals surface area contributed by atoms with Gasteiger partial charge in [-0.25, -0.2) is 14.4 Å². The highest BCUT2D eigenvalue weighted by molar-refractivity contribution is 5.85. The third kappa shape index (κ3) is 4.46. The van der Waals surface area contributed by atoms with Crippen molar-refractivity contribution < 1.29 is 28.7 Å². The van der Waals surface area contributed by atoms with Gasteiger partial charge in [0.15, 0.2) is 6.61 Å². The van der Waals surface area contributed by atoms with Gasteiger partial charge in [-0.3, -0.25) is 4.84 Å². The number of hydroxylamine groups is 2. The van der Waals surface area contributed by atoms with Gasteiger partial charge in [0.25, 0.3) is 0 Å². The molecule has 1 aromatic carbocycles. The van der Waals surface area contributed by atoms with Gasteiger partial charge in [-0.05, 0) is 18.4 Å². The van der Waals surface area contributed by atoms with Gasteiger partial charge in [-0.2, -0.15) is 5.06 Å². The van der Waals surface area contributed by atoms with Crippen molar-refractivity contribution in [3.63, 3.8) is 0 Å². The van der Waals surface area contributed by atoms with Crippen molar-refractivity contribution >= 4 is 18.0 Å². The first-order valence-electron chi connectivity index (χ1n) is 8.80. The number of hydrogen-bond acceptors (Lipinski definition) is 6. The number of hydrogen-bond donors (Lipinski definition) is 0. The molecule has 2 aliphatic rings. The Bertz CT molecular complexity index is 707. The Balaban J connectivity index is 1.53. The maximum atomic E-state index is 12.6. The van der Waals surface area contributed by atoms with Gasteiger partial charge >= 0.3 is 18.0 Å². The normalized spacial score (nSPS) is 21.1. The summed E-state index contributed by atoms with van der Waals surface area (Å²) in [6, 6.07) is 8.09. The van der Waals surface area contributed by atoms with E-state index in [1.165, 1.54) is 16.0 Å². The molecule has 1 unspecified atom stereocenters. The number of fused-ring (bicyclic) bond motifs is 2. The number of piperidine rings is 1. The van der Waals surface area contributed by atoms with E-state index in [1.807, 2.05) is 30.3 Å². The van der Waals surface area contributed by atoms with Crippen LogP contribution in [0.25, 0.3) is 0 Å². The van der Waals surface area contributed by atoms with E-state index >= 15 is 0 Å². The Kier molecular flexibility index (Phi) is 6.08. The molecule has 0 aliphatic carbocycles. The van der Waals surface area contributed by atoms with Crippen LogP contribution in [0.3, 0.4) is 0 Å². The minimum Gasteiger partial charge on any atom is -0.460 e. The van der Waals surface area contributed by atoms with Crippen molar-refractivity contribution in [2.45, 2.75) is 31.5 Å². The Morgan fingerprint density at radius 2 is 1.96 bits per heavy atom. The molecule has 0 spiro atoms. The van der Waals surface area contributed by atoms with Crippen LogP contribution in [-0.4, -0.2) is 59.8 Å². The standard InChI is InChI=1S/C19H22N2O6/c1-2-10-25-17(22)13-27-21-15-8-9-16(20(11-15)19(21)24)18(23)26-12-14-6-4-3-5-7-14/h2-7,15-16H,1,8-13H2/t15-,16?/m1/s1. The van der Waals surface area contributed by atoms with Crippen LogP contribution in [0.15, 0.2) is 43.0 Å². The van der Waals surface area contributed by atoms with E-state index < -0.39 is 24.0 Å². The molecule has 2 saturated heterocycles. The Morgan fingerprint density at radius 1 is 1.19 bits per heavy atom. The number of urea groups is 1.